The van der Waals surface area contributed by atoms with Crippen molar-refractivity contribution in [3.8, 4) is 0 Å². The summed E-state index contributed by atoms with van der Waals surface area (Å²) in [5, 5.41) is 0. The van der Waals surface area contributed by atoms with Crippen molar-refractivity contribution >= 4 is 43.6 Å². The highest BCUT2D eigenvalue weighted by molar-refractivity contribution is 9.11. The zero-order valence-electron chi connectivity index (χ0n) is 10.9. The van der Waals surface area contributed by atoms with E-state index < -0.39 is 23.5 Å². The predicted octanol–water partition coefficient (Wildman–Crippen LogP) is 7.40. The van der Waals surface area contributed by atoms with E-state index in [4.69, 9.17) is 0 Å². The van der Waals surface area contributed by atoms with Crippen LogP contribution in [-0.4, -0.2) is 0 Å². The van der Waals surface area contributed by atoms with Crippen LogP contribution in [-0.2, 0) is 12.4 Å². The summed E-state index contributed by atoms with van der Waals surface area (Å²) in [6, 6.07) is 6.72. The van der Waals surface area contributed by atoms with Gasteiger partial charge in [-0.25, -0.2) is 0 Å². The number of rotatable bonds is 2. The maximum atomic E-state index is 13.1. The topological polar surface area (TPSA) is 0 Å². The summed E-state index contributed by atoms with van der Waals surface area (Å²) in [4.78, 5) is -0.644. The number of alkyl halides is 6. The highest BCUT2D eigenvalue weighted by atomic mass is 79.9. The van der Waals surface area contributed by atoms with Crippen molar-refractivity contribution in [2.45, 2.75) is 22.1 Å². The second-order valence-electron chi connectivity index (χ2n) is 4.33. The van der Waals surface area contributed by atoms with Gasteiger partial charge in [0.15, 0.2) is 0 Å². The summed E-state index contributed by atoms with van der Waals surface area (Å²) >= 11 is 6.37. The van der Waals surface area contributed by atoms with E-state index in [2.05, 4.69) is 31.9 Å². The standard InChI is InChI=1S/C14H6Br2F6S/c15-9-5-1-3-7(13(17,18)19)11(9)23-12-8(14(20,21)22)4-2-6-10(12)16/h1-6H. The molecule has 0 nitrogen and oxygen atoms in total. The molecule has 0 aliphatic carbocycles. The van der Waals surface area contributed by atoms with Crippen LogP contribution >= 0.6 is 43.6 Å². The summed E-state index contributed by atoms with van der Waals surface area (Å²) in [6.45, 7) is 0. The van der Waals surface area contributed by atoms with Crippen LogP contribution in [0.5, 0.6) is 0 Å². The molecule has 0 aliphatic heterocycles. The lowest BCUT2D eigenvalue weighted by molar-refractivity contribution is -0.140. The van der Waals surface area contributed by atoms with E-state index in [1.165, 1.54) is 24.3 Å². The zero-order valence-corrected chi connectivity index (χ0v) is 14.9. The molecule has 0 saturated carbocycles. The van der Waals surface area contributed by atoms with Gasteiger partial charge in [0.25, 0.3) is 0 Å². The van der Waals surface area contributed by atoms with Gasteiger partial charge in [-0.3, -0.25) is 0 Å². The molecular weight excluding hydrogens is 474 g/mol. The van der Waals surface area contributed by atoms with Crippen molar-refractivity contribution < 1.29 is 26.3 Å². The number of hydrogen-bond acceptors (Lipinski definition) is 1. The molecule has 0 aliphatic rings. The Bertz CT molecular complexity index is 663. The molecule has 0 radical (unpaired) electrons. The van der Waals surface area contributed by atoms with Gasteiger partial charge >= 0.3 is 12.4 Å². The molecule has 0 N–H and O–H groups in total. The Morgan fingerprint density at radius 3 is 1.30 bits per heavy atom. The average Bonchev–Trinajstić information content (AvgIpc) is 2.40. The minimum absolute atomic E-state index is 0.0706. The quantitative estimate of drug-likeness (QED) is 0.404. The number of halogens is 8. The van der Waals surface area contributed by atoms with Gasteiger partial charge in [0.1, 0.15) is 0 Å². The molecule has 124 valence electrons. The molecule has 0 bridgehead atoms. The van der Waals surface area contributed by atoms with E-state index in [0.29, 0.717) is 11.8 Å². The summed E-state index contributed by atoms with van der Waals surface area (Å²) in [6.07, 6.45) is -9.35. The Morgan fingerprint density at radius 1 is 0.652 bits per heavy atom. The Hall–Kier alpha value is -0.670. The Morgan fingerprint density at radius 2 is 1.00 bits per heavy atom. The second kappa shape index (κ2) is 6.68. The Balaban J connectivity index is 2.62. The third-order valence-electron chi connectivity index (χ3n) is 2.75. The van der Waals surface area contributed by atoms with Crippen molar-refractivity contribution in [3.05, 3.63) is 56.5 Å². The Labute approximate surface area is 148 Å². The van der Waals surface area contributed by atoms with Gasteiger partial charge in [0, 0.05) is 18.7 Å². The highest BCUT2D eigenvalue weighted by Gasteiger charge is 2.37. The largest absolute Gasteiger partial charge is 0.417 e. The third-order valence-corrected chi connectivity index (χ3v) is 5.88. The molecule has 0 atom stereocenters. The first-order valence-electron chi connectivity index (χ1n) is 5.91. The number of benzene rings is 2. The SMILES string of the molecule is FC(F)(F)c1cccc(Br)c1Sc1c(Br)cccc1C(F)(F)F. The van der Waals surface area contributed by atoms with Gasteiger partial charge in [0.05, 0.1) is 11.1 Å². The van der Waals surface area contributed by atoms with Crippen LogP contribution in [0.3, 0.4) is 0 Å². The Kier molecular flexibility index (Phi) is 5.42. The molecule has 2 aromatic rings. The highest BCUT2D eigenvalue weighted by Crippen LogP contribution is 2.48. The van der Waals surface area contributed by atoms with Gasteiger partial charge in [-0.2, -0.15) is 26.3 Å². The fourth-order valence-corrected chi connectivity index (χ4v) is 4.11. The lowest BCUT2D eigenvalue weighted by atomic mass is 10.2. The van der Waals surface area contributed by atoms with Crippen molar-refractivity contribution in [3.63, 3.8) is 0 Å². The van der Waals surface area contributed by atoms with E-state index in [-0.39, 0.29) is 18.7 Å². The zero-order chi connectivity index (χ0) is 17.4. The van der Waals surface area contributed by atoms with Crippen LogP contribution in [0, 0.1) is 0 Å². The molecule has 2 rings (SSSR count). The van der Waals surface area contributed by atoms with E-state index in [9.17, 15) is 26.3 Å². The van der Waals surface area contributed by atoms with Crippen LogP contribution < -0.4 is 0 Å². The van der Waals surface area contributed by atoms with Crippen LogP contribution in [0.1, 0.15) is 11.1 Å². The fourth-order valence-electron chi connectivity index (χ4n) is 1.77. The average molecular weight is 480 g/mol. The van der Waals surface area contributed by atoms with Crippen LogP contribution in [0.15, 0.2) is 55.1 Å². The van der Waals surface area contributed by atoms with E-state index in [1.54, 1.807) is 0 Å². The van der Waals surface area contributed by atoms with Crippen molar-refractivity contribution in [1.29, 1.82) is 0 Å². The smallest absolute Gasteiger partial charge is 0.166 e. The molecule has 0 heterocycles. The molecule has 0 fully saturated rings. The molecule has 0 aromatic heterocycles. The molecule has 9 heteroatoms. The maximum Gasteiger partial charge on any atom is 0.417 e. The molecule has 0 unspecified atom stereocenters. The molecular formula is C14H6Br2F6S. The van der Waals surface area contributed by atoms with Gasteiger partial charge < -0.3 is 0 Å². The first-order chi connectivity index (χ1) is 10.5. The van der Waals surface area contributed by atoms with E-state index in [0.717, 1.165) is 12.1 Å². The van der Waals surface area contributed by atoms with Crippen LogP contribution in [0.25, 0.3) is 0 Å². The summed E-state index contributed by atoms with van der Waals surface area (Å²) in [7, 11) is 0. The molecule has 0 saturated heterocycles. The van der Waals surface area contributed by atoms with Crippen molar-refractivity contribution in [2.24, 2.45) is 0 Å². The van der Waals surface area contributed by atoms with Crippen molar-refractivity contribution in [2.75, 3.05) is 0 Å². The van der Waals surface area contributed by atoms with Gasteiger partial charge in [-0.05, 0) is 56.1 Å². The fraction of sp³-hybridized carbons (Fsp3) is 0.143. The lowest BCUT2D eigenvalue weighted by Gasteiger charge is -2.17. The third kappa shape index (κ3) is 4.24. The number of hydrogen-bond donors (Lipinski definition) is 0. The van der Waals surface area contributed by atoms with Gasteiger partial charge in [0.2, 0.25) is 0 Å². The minimum atomic E-state index is -4.67. The maximum absolute atomic E-state index is 13.1. The first kappa shape index (κ1) is 18.7. The van der Waals surface area contributed by atoms with E-state index >= 15 is 0 Å². The minimum Gasteiger partial charge on any atom is -0.166 e. The monoisotopic (exact) mass is 478 g/mol. The molecule has 2 aromatic carbocycles. The van der Waals surface area contributed by atoms with Gasteiger partial charge in [-0.15, -0.1) is 0 Å². The molecule has 0 amide bonds. The van der Waals surface area contributed by atoms with Gasteiger partial charge in [-0.1, -0.05) is 23.9 Å². The summed E-state index contributed by atoms with van der Waals surface area (Å²) < 4.78 is 78.7. The normalized spacial score (nSPS) is 12.5. The molecule has 23 heavy (non-hydrogen) atoms. The van der Waals surface area contributed by atoms with Crippen LogP contribution in [0.2, 0.25) is 0 Å². The second-order valence-corrected chi connectivity index (χ2v) is 7.06. The predicted molar refractivity (Wildman–Crippen MR) is 82.4 cm³/mol. The summed E-state index contributed by atoms with van der Waals surface area (Å²) in [5.41, 5.74) is -2.00. The van der Waals surface area contributed by atoms with Crippen molar-refractivity contribution in [1.82, 2.24) is 0 Å². The molecule has 0 spiro atoms. The summed E-state index contributed by atoms with van der Waals surface area (Å²) in [5.74, 6) is 0. The van der Waals surface area contributed by atoms with E-state index in [1.807, 2.05) is 0 Å². The lowest BCUT2D eigenvalue weighted by Crippen LogP contribution is -2.09. The first-order valence-corrected chi connectivity index (χ1v) is 8.31. The van der Waals surface area contributed by atoms with Crippen LogP contribution in [0.4, 0.5) is 26.3 Å².